The number of fused-ring (bicyclic) bond motifs is 1. The van der Waals surface area contributed by atoms with Crippen LogP contribution in [0.25, 0.3) is 10.9 Å². The van der Waals surface area contributed by atoms with Crippen LogP contribution in [0.2, 0.25) is 0 Å². The number of hydrogen-bond donors (Lipinski definition) is 2. The van der Waals surface area contributed by atoms with Crippen molar-refractivity contribution >= 4 is 32.4 Å². The molecule has 5 rings (SSSR count). The fourth-order valence-electron chi connectivity index (χ4n) is 5.67. The number of non-ortho nitro benzene ring substituents is 1. The lowest BCUT2D eigenvalue weighted by Gasteiger charge is -2.43. The number of rotatable bonds is 12. The Labute approximate surface area is 261 Å². The summed E-state index contributed by atoms with van der Waals surface area (Å²) in [5.74, 6) is -1.03. The second kappa shape index (κ2) is 12.4. The number of alkyl halides is 3. The van der Waals surface area contributed by atoms with Crippen molar-refractivity contribution in [1.82, 2.24) is 9.47 Å². The summed E-state index contributed by atoms with van der Waals surface area (Å²) in [6.07, 6.45) is -4.08. The Morgan fingerprint density at radius 3 is 2.37 bits per heavy atom. The second-order valence-electron chi connectivity index (χ2n) is 11.2. The van der Waals surface area contributed by atoms with Crippen molar-refractivity contribution in [3.8, 4) is 5.75 Å². The molecule has 1 unspecified atom stereocenters. The number of aryl methyl sites for hydroxylation is 1. The number of aliphatic carboxylic acids is 1. The van der Waals surface area contributed by atoms with E-state index in [0.717, 1.165) is 18.3 Å². The summed E-state index contributed by atoms with van der Waals surface area (Å²) in [5, 5.41) is 30.7. The third-order valence-electron chi connectivity index (χ3n) is 8.16. The summed E-state index contributed by atoms with van der Waals surface area (Å²) < 4.78 is 77.8. The minimum absolute atomic E-state index is 0.00606. The number of carboxylic acids is 1. The largest absolute Gasteiger partial charge is 0.495 e. The summed E-state index contributed by atoms with van der Waals surface area (Å²) in [6, 6.07) is 16.3. The van der Waals surface area contributed by atoms with Gasteiger partial charge in [-0.25, -0.2) is 8.42 Å². The molecule has 1 aliphatic rings. The molecule has 0 spiro atoms. The fourth-order valence-corrected chi connectivity index (χ4v) is 7.52. The van der Waals surface area contributed by atoms with Crippen LogP contribution in [0.4, 0.5) is 18.9 Å². The van der Waals surface area contributed by atoms with Gasteiger partial charge in [-0.3, -0.25) is 19.8 Å². The Kier molecular flexibility index (Phi) is 8.86. The van der Waals surface area contributed by atoms with Gasteiger partial charge in [-0.1, -0.05) is 36.4 Å². The van der Waals surface area contributed by atoms with Crippen LogP contribution in [0.3, 0.4) is 0 Å². The van der Waals surface area contributed by atoms with Gasteiger partial charge < -0.3 is 19.5 Å². The predicted octanol–water partition coefficient (Wildman–Crippen LogP) is 4.53. The number of benzene rings is 3. The summed E-state index contributed by atoms with van der Waals surface area (Å²) in [5.41, 5.74) is -2.90. The van der Waals surface area contributed by atoms with Crippen LogP contribution in [0, 0.1) is 10.1 Å². The number of nitrogens with zero attached hydrogens (tertiary/aromatic N) is 3. The van der Waals surface area contributed by atoms with E-state index in [1.807, 2.05) is 0 Å². The standard InChI is InChI=1S/C31H30F3N3O8S/c1-45-27-13-20(8-12-29(38)39)7-11-28(27)46(43,44)23-16-35(17-23)19-30(40,31(32,33)34)25-18-36(15-21-5-3-2-4-6-21)26-14-22(37(41)42)9-10-24(25)26/h2-7,9-11,13-14,18,23,40H,8,12,15-17,19H2,1H3,(H,38,39). The molecular weight excluding hydrogens is 631 g/mol. The number of carboxylic acid groups (broad SMARTS) is 1. The average molecular weight is 662 g/mol. The van der Waals surface area contributed by atoms with Crippen molar-refractivity contribution in [3.05, 3.63) is 99.7 Å². The Balaban J connectivity index is 1.43. The molecule has 0 bridgehead atoms. The van der Waals surface area contributed by atoms with E-state index in [1.165, 1.54) is 40.8 Å². The van der Waals surface area contributed by atoms with E-state index in [0.29, 0.717) is 11.1 Å². The Morgan fingerprint density at radius 2 is 1.76 bits per heavy atom. The first kappa shape index (κ1) is 32.9. The number of halogens is 3. The third kappa shape index (κ3) is 6.30. The first-order valence-corrected chi connectivity index (χ1v) is 15.6. The number of hydrogen-bond acceptors (Lipinski definition) is 8. The number of likely N-dealkylation sites (tertiary alicyclic amines) is 1. The van der Waals surface area contributed by atoms with Crippen LogP contribution in [0.5, 0.6) is 5.75 Å². The molecule has 2 N–H and O–H groups in total. The molecule has 1 fully saturated rings. The number of methoxy groups -OCH3 is 1. The molecule has 0 saturated carbocycles. The maximum Gasteiger partial charge on any atom is 0.422 e. The Hall–Kier alpha value is -4.47. The zero-order chi connectivity index (χ0) is 33.4. The molecule has 2 heterocycles. The molecule has 0 amide bonds. The van der Waals surface area contributed by atoms with Gasteiger partial charge in [0.1, 0.15) is 10.6 Å². The van der Waals surface area contributed by atoms with Gasteiger partial charge in [0.2, 0.25) is 5.60 Å². The Morgan fingerprint density at radius 1 is 1.07 bits per heavy atom. The number of nitro groups is 1. The van der Waals surface area contributed by atoms with Gasteiger partial charge in [-0.2, -0.15) is 13.2 Å². The van der Waals surface area contributed by atoms with E-state index in [-0.39, 0.29) is 59.7 Å². The van der Waals surface area contributed by atoms with Gasteiger partial charge in [0, 0.05) is 61.9 Å². The monoisotopic (exact) mass is 661 g/mol. The lowest BCUT2D eigenvalue weighted by molar-refractivity contribution is -0.384. The van der Waals surface area contributed by atoms with Crippen LogP contribution >= 0.6 is 0 Å². The summed E-state index contributed by atoms with van der Waals surface area (Å²) in [7, 11) is -2.81. The van der Waals surface area contributed by atoms with Crippen molar-refractivity contribution in [1.29, 1.82) is 0 Å². The molecular formula is C31H30F3N3O8S. The second-order valence-corrected chi connectivity index (χ2v) is 13.4. The summed E-state index contributed by atoms with van der Waals surface area (Å²) >= 11 is 0. The lowest BCUT2D eigenvalue weighted by Crippen LogP contribution is -2.61. The average Bonchev–Trinajstić information content (AvgIpc) is 3.35. The van der Waals surface area contributed by atoms with E-state index in [4.69, 9.17) is 9.84 Å². The van der Waals surface area contributed by atoms with Crippen molar-refractivity contribution in [2.45, 2.75) is 41.3 Å². The molecule has 0 aliphatic carbocycles. The molecule has 11 nitrogen and oxygen atoms in total. The number of aliphatic hydroxyl groups is 1. The maximum absolute atomic E-state index is 14.8. The molecule has 4 aromatic rings. The summed E-state index contributed by atoms with van der Waals surface area (Å²) in [6.45, 7) is -1.51. The van der Waals surface area contributed by atoms with Gasteiger partial charge in [0.25, 0.3) is 5.69 Å². The van der Waals surface area contributed by atoms with E-state index in [9.17, 15) is 41.6 Å². The van der Waals surface area contributed by atoms with Crippen molar-refractivity contribution in [2.75, 3.05) is 26.7 Å². The molecule has 15 heteroatoms. The highest BCUT2D eigenvalue weighted by molar-refractivity contribution is 7.92. The summed E-state index contributed by atoms with van der Waals surface area (Å²) in [4.78, 5) is 22.7. The first-order valence-electron chi connectivity index (χ1n) is 14.1. The van der Waals surface area contributed by atoms with Crippen LogP contribution < -0.4 is 4.74 Å². The fraction of sp³-hybridized carbons (Fsp3) is 0.323. The smallest absolute Gasteiger partial charge is 0.422 e. The predicted molar refractivity (Wildman–Crippen MR) is 160 cm³/mol. The maximum atomic E-state index is 14.8. The molecule has 0 radical (unpaired) electrons. The molecule has 1 aliphatic heterocycles. The first-order chi connectivity index (χ1) is 21.6. The molecule has 244 valence electrons. The van der Waals surface area contributed by atoms with Crippen molar-refractivity contribution < 1.29 is 46.3 Å². The zero-order valence-corrected chi connectivity index (χ0v) is 25.3. The van der Waals surface area contributed by atoms with E-state index < -0.39 is 49.9 Å². The normalized spacial score (nSPS) is 15.8. The van der Waals surface area contributed by atoms with Gasteiger partial charge >= 0.3 is 12.1 Å². The number of aromatic nitrogens is 1. The van der Waals surface area contributed by atoms with Gasteiger partial charge in [-0.15, -0.1) is 0 Å². The van der Waals surface area contributed by atoms with Crippen LogP contribution in [-0.2, 0) is 33.2 Å². The quantitative estimate of drug-likeness (QED) is 0.165. The molecule has 1 saturated heterocycles. The molecule has 46 heavy (non-hydrogen) atoms. The molecule has 1 aromatic heterocycles. The number of sulfone groups is 1. The van der Waals surface area contributed by atoms with Gasteiger partial charge in [0.05, 0.1) is 22.8 Å². The van der Waals surface area contributed by atoms with E-state index in [2.05, 4.69) is 0 Å². The highest BCUT2D eigenvalue weighted by atomic mass is 32.2. The third-order valence-corrected chi connectivity index (χ3v) is 10.3. The van der Waals surface area contributed by atoms with Gasteiger partial charge in [0.15, 0.2) is 9.84 Å². The van der Waals surface area contributed by atoms with Crippen LogP contribution in [-0.4, -0.2) is 77.2 Å². The van der Waals surface area contributed by atoms with Gasteiger partial charge in [-0.05, 0) is 35.7 Å². The van der Waals surface area contributed by atoms with Crippen LogP contribution in [0.1, 0.15) is 23.1 Å². The highest BCUT2D eigenvalue weighted by Crippen LogP contribution is 2.45. The highest BCUT2D eigenvalue weighted by Gasteiger charge is 2.58. The molecule has 1 atom stereocenters. The van der Waals surface area contributed by atoms with Crippen molar-refractivity contribution in [3.63, 3.8) is 0 Å². The van der Waals surface area contributed by atoms with Crippen molar-refractivity contribution in [2.24, 2.45) is 0 Å². The number of carbonyl (C=O) groups is 1. The SMILES string of the molecule is COc1cc(CCC(=O)O)ccc1S(=O)(=O)C1CN(CC(O)(c2cn(Cc3ccccc3)c3cc([N+](=O)[O-])ccc23)C(F)(F)F)C1. The number of ether oxygens (including phenoxy) is 1. The number of β-amino-alcohol motifs (C(OH)–C–C–N with tert-alkyl or cyclic N) is 1. The van der Waals surface area contributed by atoms with E-state index >= 15 is 0 Å². The zero-order valence-electron chi connectivity index (χ0n) is 24.5. The Bertz CT molecular complexity index is 1890. The van der Waals surface area contributed by atoms with Crippen LogP contribution in [0.15, 0.2) is 77.8 Å². The van der Waals surface area contributed by atoms with E-state index in [1.54, 1.807) is 30.3 Å². The topological polar surface area (TPSA) is 152 Å². The molecule has 3 aromatic carbocycles. The number of nitro benzene ring substituents is 1. The lowest BCUT2D eigenvalue weighted by atomic mass is 9.90. The minimum Gasteiger partial charge on any atom is -0.495 e. The minimum atomic E-state index is -5.19.